The Labute approximate surface area is 180 Å². The number of hydrogen-bond donors (Lipinski definition) is 1. The Kier molecular flexibility index (Phi) is 4.79. The van der Waals surface area contributed by atoms with E-state index in [-0.39, 0.29) is 23.9 Å². The highest BCUT2D eigenvalue weighted by atomic mass is 32.2. The molecule has 2 aliphatic heterocycles. The zero-order valence-corrected chi connectivity index (χ0v) is 16.8. The van der Waals surface area contributed by atoms with Crippen LogP contribution in [0.4, 0.5) is 11.4 Å². The lowest BCUT2D eigenvalue weighted by Gasteiger charge is -2.19. The van der Waals surface area contributed by atoms with E-state index in [0.29, 0.717) is 33.8 Å². The van der Waals surface area contributed by atoms with Crippen molar-refractivity contribution in [3.8, 4) is 28.6 Å². The van der Waals surface area contributed by atoms with Gasteiger partial charge < -0.3 is 19.5 Å². The number of nitro groups is 1. The molecule has 1 unspecified atom stereocenters. The van der Waals surface area contributed by atoms with E-state index in [1.165, 1.54) is 17.8 Å². The van der Waals surface area contributed by atoms with Gasteiger partial charge in [-0.2, -0.15) is 4.98 Å². The van der Waals surface area contributed by atoms with Gasteiger partial charge in [-0.05, 0) is 12.1 Å². The highest BCUT2D eigenvalue weighted by molar-refractivity contribution is 7.99. The Hall–Kier alpha value is -3.86. The summed E-state index contributed by atoms with van der Waals surface area (Å²) in [6, 6.07) is 10.3. The van der Waals surface area contributed by atoms with Crippen LogP contribution in [0.3, 0.4) is 0 Å². The van der Waals surface area contributed by atoms with Crippen molar-refractivity contribution in [3.63, 3.8) is 0 Å². The summed E-state index contributed by atoms with van der Waals surface area (Å²) in [4.78, 5) is 15.8. The Morgan fingerprint density at radius 1 is 1.26 bits per heavy atom. The van der Waals surface area contributed by atoms with Gasteiger partial charge in [0.05, 0.1) is 16.6 Å². The van der Waals surface area contributed by atoms with E-state index < -0.39 is 11.2 Å². The van der Waals surface area contributed by atoms with Crippen LogP contribution in [0.1, 0.15) is 11.8 Å². The maximum absolute atomic E-state index is 11.8. The van der Waals surface area contributed by atoms with E-state index in [1.807, 2.05) is 24.3 Å². The van der Waals surface area contributed by atoms with Gasteiger partial charge in [0, 0.05) is 17.0 Å². The van der Waals surface area contributed by atoms with Crippen LogP contribution in [0.25, 0.3) is 11.3 Å². The predicted molar refractivity (Wildman–Crippen MR) is 112 cm³/mol. The van der Waals surface area contributed by atoms with Crippen LogP contribution in [0, 0.1) is 10.1 Å². The van der Waals surface area contributed by atoms with Gasteiger partial charge in [-0.15, -0.1) is 16.8 Å². The second kappa shape index (κ2) is 7.76. The molecule has 3 heterocycles. The van der Waals surface area contributed by atoms with Crippen LogP contribution >= 0.6 is 11.8 Å². The minimum Gasteiger partial charge on any atom is -0.454 e. The third-order valence-electron chi connectivity index (χ3n) is 4.66. The quantitative estimate of drug-likeness (QED) is 0.272. The monoisotopic (exact) mass is 437 g/mol. The number of nitrogens with zero attached hydrogens (tertiary/aromatic N) is 4. The molecule has 11 heteroatoms. The van der Waals surface area contributed by atoms with E-state index in [2.05, 4.69) is 27.1 Å². The fourth-order valence-corrected chi connectivity index (χ4v) is 3.81. The number of nitrogens with one attached hydrogen (secondary N) is 1. The zero-order chi connectivity index (χ0) is 21.4. The molecule has 0 fully saturated rings. The number of nitro benzene ring substituents is 1. The van der Waals surface area contributed by atoms with Crippen molar-refractivity contribution < 1.29 is 19.1 Å². The summed E-state index contributed by atoms with van der Waals surface area (Å²) in [6.45, 7) is 3.69. The first kappa shape index (κ1) is 19.1. The van der Waals surface area contributed by atoms with E-state index >= 15 is 0 Å². The van der Waals surface area contributed by atoms with Gasteiger partial charge in [-0.1, -0.05) is 36.0 Å². The largest absolute Gasteiger partial charge is 0.454 e. The summed E-state index contributed by atoms with van der Waals surface area (Å²) < 4.78 is 16.8. The smallest absolute Gasteiger partial charge is 0.282 e. The molecule has 1 N–H and O–H groups in total. The standard InChI is InChI=1S/C20H15N5O5S/c1-2-7-31-20-22-19-17(23-24-20)11-5-3-4-6-13(11)21-18(30-19)12-8-15-16(29-10-28-15)9-14(12)25(26)27/h2-6,8-9,18,21H,1,7,10H2. The highest BCUT2D eigenvalue weighted by Gasteiger charge is 2.33. The van der Waals surface area contributed by atoms with Crippen molar-refractivity contribution >= 4 is 23.1 Å². The molecule has 0 radical (unpaired) electrons. The number of ether oxygens (including phenoxy) is 3. The van der Waals surface area contributed by atoms with Crippen molar-refractivity contribution in [3.05, 3.63) is 64.7 Å². The molecule has 0 amide bonds. The molecular formula is C20H15N5O5S. The van der Waals surface area contributed by atoms with Crippen LogP contribution in [0.5, 0.6) is 17.4 Å². The normalized spacial score (nSPS) is 15.7. The van der Waals surface area contributed by atoms with Gasteiger partial charge >= 0.3 is 0 Å². The predicted octanol–water partition coefficient (Wildman–Crippen LogP) is 3.96. The van der Waals surface area contributed by atoms with Crippen LogP contribution in [0.15, 0.2) is 54.2 Å². The Bertz CT molecular complexity index is 1200. The number of anilines is 1. The van der Waals surface area contributed by atoms with Crippen LogP contribution in [-0.4, -0.2) is 32.7 Å². The summed E-state index contributed by atoms with van der Waals surface area (Å²) in [5, 5.41) is 23.9. The summed E-state index contributed by atoms with van der Waals surface area (Å²) in [6.07, 6.45) is 0.808. The van der Waals surface area contributed by atoms with Crippen LogP contribution < -0.4 is 19.5 Å². The molecule has 0 saturated carbocycles. The fraction of sp³-hybridized carbons (Fsp3) is 0.150. The van der Waals surface area contributed by atoms with Crippen molar-refractivity contribution in [2.24, 2.45) is 0 Å². The summed E-state index contributed by atoms with van der Waals surface area (Å²) >= 11 is 1.35. The lowest BCUT2D eigenvalue weighted by Crippen LogP contribution is -2.18. The maximum Gasteiger partial charge on any atom is 0.282 e. The lowest BCUT2D eigenvalue weighted by atomic mass is 10.1. The number of hydrogen-bond acceptors (Lipinski definition) is 10. The molecule has 1 aromatic heterocycles. The van der Waals surface area contributed by atoms with Crippen LogP contribution in [-0.2, 0) is 0 Å². The van der Waals surface area contributed by atoms with Gasteiger partial charge in [-0.25, -0.2) is 0 Å². The van der Waals surface area contributed by atoms with Gasteiger partial charge in [-0.3, -0.25) is 10.1 Å². The van der Waals surface area contributed by atoms with Crippen molar-refractivity contribution in [2.75, 3.05) is 17.9 Å². The van der Waals surface area contributed by atoms with Gasteiger partial charge in [0.1, 0.15) is 0 Å². The topological polar surface area (TPSA) is 122 Å². The molecule has 31 heavy (non-hydrogen) atoms. The summed E-state index contributed by atoms with van der Waals surface area (Å²) in [5.41, 5.74) is 1.96. The third-order valence-corrected chi connectivity index (χ3v) is 5.50. The number of para-hydroxylation sites is 1. The molecule has 156 valence electrons. The van der Waals surface area contributed by atoms with Crippen LogP contribution in [0.2, 0.25) is 0 Å². The first-order valence-electron chi connectivity index (χ1n) is 9.23. The van der Waals surface area contributed by atoms with Crippen molar-refractivity contribution in [2.45, 2.75) is 11.4 Å². The van der Waals surface area contributed by atoms with Crippen molar-refractivity contribution in [1.29, 1.82) is 0 Å². The molecule has 0 aliphatic carbocycles. The number of thioether (sulfide) groups is 1. The maximum atomic E-state index is 11.8. The molecule has 2 aromatic carbocycles. The molecule has 5 rings (SSSR count). The lowest BCUT2D eigenvalue weighted by molar-refractivity contribution is -0.386. The average Bonchev–Trinajstić information content (AvgIpc) is 3.17. The molecule has 1 atom stereocenters. The van der Waals surface area contributed by atoms with E-state index in [1.54, 1.807) is 12.1 Å². The number of aromatic nitrogens is 3. The second-order valence-corrected chi connectivity index (χ2v) is 7.54. The molecule has 2 aliphatic rings. The Balaban J connectivity index is 1.64. The third kappa shape index (κ3) is 3.48. The summed E-state index contributed by atoms with van der Waals surface area (Å²) in [5.74, 6) is 1.55. The Morgan fingerprint density at radius 3 is 2.87 bits per heavy atom. The summed E-state index contributed by atoms with van der Waals surface area (Å²) in [7, 11) is 0. The average molecular weight is 437 g/mol. The minimum absolute atomic E-state index is 0.00158. The number of rotatable bonds is 5. The zero-order valence-electron chi connectivity index (χ0n) is 16.0. The molecule has 0 bridgehead atoms. The van der Waals surface area contributed by atoms with Crippen molar-refractivity contribution in [1.82, 2.24) is 15.2 Å². The van der Waals surface area contributed by atoms with Gasteiger partial charge in [0.25, 0.3) is 5.69 Å². The molecular weight excluding hydrogens is 422 g/mol. The van der Waals surface area contributed by atoms with E-state index in [0.717, 1.165) is 5.56 Å². The molecule has 10 nitrogen and oxygen atoms in total. The first-order valence-corrected chi connectivity index (χ1v) is 10.2. The fourth-order valence-electron chi connectivity index (χ4n) is 3.30. The highest BCUT2D eigenvalue weighted by Crippen LogP contribution is 2.44. The van der Waals surface area contributed by atoms with E-state index in [4.69, 9.17) is 14.2 Å². The van der Waals surface area contributed by atoms with Gasteiger partial charge in [0.2, 0.25) is 24.1 Å². The minimum atomic E-state index is -0.925. The molecule has 0 spiro atoms. The first-order chi connectivity index (χ1) is 15.1. The second-order valence-electron chi connectivity index (χ2n) is 6.56. The molecule has 3 aromatic rings. The molecule has 0 saturated heterocycles. The van der Waals surface area contributed by atoms with Gasteiger partial charge in [0.15, 0.2) is 17.2 Å². The Morgan fingerprint density at radius 2 is 2.06 bits per heavy atom. The SMILES string of the molecule is C=CCSc1nnc2c(n1)OC(c1cc3c(cc1[N+](=O)[O-])OCO3)Nc1ccccc1-2. The number of benzene rings is 2. The van der Waals surface area contributed by atoms with E-state index in [9.17, 15) is 10.1 Å². The number of fused-ring (bicyclic) bond motifs is 4.